The summed E-state index contributed by atoms with van der Waals surface area (Å²) < 4.78 is 2.99. The van der Waals surface area contributed by atoms with Gasteiger partial charge in [-0.2, -0.15) is 9.20 Å². The first-order chi connectivity index (χ1) is 13.6. The summed E-state index contributed by atoms with van der Waals surface area (Å²) in [5, 5.41) is 15.6. The lowest BCUT2D eigenvalue weighted by atomic mass is 10.2. The second-order valence-corrected chi connectivity index (χ2v) is 6.92. The number of rotatable bonds is 3. The molecule has 1 aliphatic heterocycles. The molecule has 5 rings (SSSR count). The molecule has 0 radical (unpaired) electrons. The van der Waals surface area contributed by atoms with Crippen LogP contribution in [0.4, 0.5) is 5.95 Å². The minimum atomic E-state index is -0.212. The quantitative estimate of drug-likeness (QED) is 0.572. The Balaban J connectivity index is 1.53. The molecule has 1 fully saturated rings. The van der Waals surface area contributed by atoms with Crippen molar-refractivity contribution >= 4 is 11.6 Å². The highest BCUT2D eigenvalue weighted by Gasteiger charge is 2.17. The second kappa shape index (κ2) is 6.25. The Morgan fingerprint density at radius 2 is 1.93 bits per heavy atom. The average Bonchev–Trinajstić information content (AvgIpc) is 3.42. The van der Waals surface area contributed by atoms with Crippen molar-refractivity contribution in [2.75, 3.05) is 18.0 Å². The molecule has 1 saturated heterocycles. The van der Waals surface area contributed by atoms with Crippen LogP contribution in [0.1, 0.15) is 24.4 Å². The van der Waals surface area contributed by atoms with E-state index in [9.17, 15) is 4.79 Å². The third-order valence-electron chi connectivity index (χ3n) is 5.00. The largest absolute Gasteiger partial charge is 0.341 e. The SMILES string of the molecule is Cc1nc(N2CCCC2)ncc1-c1cc(=O)n(-c2ccc3nnc(C)n3n2)[nH]1. The lowest BCUT2D eigenvalue weighted by Gasteiger charge is -2.15. The van der Waals surface area contributed by atoms with Gasteiger partial charge in [0.05, 0.1) is 11.4 Å². The number of aryl methyl sites for hydroxylation is 2. The van der Waals surface area contributed by atoms with E-state index in [1.54, 1.807) is 22.8 Å². The number of aromatic amines is 1. The molecule has 28 heavy (non-hydrogen) atoms. The fourth-order valence-corrected chi connectivity index (χ4v) is 3.50. The van der Waals surface area contributed by atoms with Crippen LogP contribution < -0.4 is 10.5 Å². The van der Waals surface area contributed by atoms with E-state index in [2.05, 4.69) is 35.3 Å². The summed E-state index contributed by atoms with van der Waals surface area (Å²) in [6.45, 7) is 5.71. The molecule has 0 amide bonds. The van der Waals surface area contributed by atoms with Crippen molar-refractivity contribution < 1.29 is 0 Å². The molecule has 0 aliphatic carbocycles. The van der Waals surface area contributed by atoms with Crippen LogP contribution in [0.5, 0.6) is 0 Å². The fraction of sp³-hybridized carbons (Fsp3) is 0.333. The van der Waals surface area contributed by atoms with Gasteiger partial charge >= 0.3 is 0 Å². The highest BCUT2D eigenvalue weighted by Crippen LogP contribution is 2.22. The van der Waals surface area contributed by atoms with Crippen LogP contribution >= 0.6 is 0 Å². The van der Waals surface area contributed by atoms with Gasteiger partial charge in [0.25, 0.3) is 5.56 Å². The predicted octanol–water partition coefficient (Wildman–Crippen LogP) is 1.28. The van der Waals surface area contributed by atoms with Crippen molar-refractivity contribution in [2.45, 2.75) is 26.7 Å². The van der Waals surface area contributed by atoms with Crippen LogP contribution in [-0.2, 0) is 0 Å². The van der Waals surface area contributed by atoms with Gasteiger partial charge in [-0.15, -0.1) is 15.3 Å². The smallest absolute Gasteiger partial charge is 0.273 e. The van der Waals surface area contributed by atoms with E-state index in [0.29, 0.717) is 23.0 Å². The molecule has 4 aromatic rings. The van der Waals surface area contributed by atoms with E-state index < -0.39 is 0 Å². The van der Waals surface area contributed by atoms with Gasteiger partial charge in [0.15, 0.2) is 17.3 Å². The molecule has 1 N–H and O–H groups in total. The molecule has 10 nitrogen and oxygen atoms in total. The molecule has 0 aromatic carbocycles. The van der Waals surface area contributed by atoms with Crippen LogP contribution in [0.3, 0.4) is 0 Å². The van der Waals surface area contributed by atoms with Crippen LogP contribution in [-0.4, -0.2) is 52.6 Å². The van der Waals surface area contributed by atoms with Gasteiger partial charge in [-0.25, -0.2) is 9.97 Å². The maximum Gasteiger partial charge on any atom is 0.273 e. The fourth-order valence-electron chi connectivity index (χ4n) is 3.50. The number of nitrogens with one attached hydrogen (secondary N) is 1. The van der Waals surface area contributed by atoms with E-state index in [1.807, 2.05) is 13.8 Å². The van der Waals surface area contributed by atoms with E-state index in [0.717, 1.165) is 30.3 Å². The van der Waals surface area contributed by atoms with Crippen molar-refractivity contribution in [2.24, 2.45) is 0 Å². The van der Waals surface area contributed by atoms with Crippen LogP contribution in [0.2, 0.25) is 0 Å². The minimum Gasteiger partial charge on any atom is -0.341 e. The molecular weight excluding hydrogens is 358 g/mol. The normalized spacial score (nSPS) is 14.3. The van der Waals surface area contributed by atoms with E-state index in [4.69, 9.17) is 0 Å². The van der Waals surface area contributed by atoms with Gasteiger partial charge in [0, 0.05) is 30.9 Å². The first-order valence-electron chi connectivity index (χ1n) is 9.20. The third-order valence-corrected chi connectivity index (χ3v) is 5.00. The van der Waals surface area contributed by atoms with Crippen LogP contribution in [0.15, 0.2) is 29.2 Å². The number of nitrogens with zero attached hydrogens (tertiary/aromatic N) is 8. The second-order valence-electron chi connectivity index (χ2n) is 6.92. The highest BCUT2D eigenvalue weighted by molar-refractivity contribution is 5.61. The Bertz CT molecular complexity index is 1230. The summed E-state index contributed by atoms with van der Waals surface area (Å²) in [6, 6.07) is 5.03. The van der Waals surface area contributed by atoms with E-state index in [-0.39, 0.29) is 5.56 Å². The first kappa shape index (κ1) is 16.6. The molecule has 4 aromatic heterocycles. The average molecular weight is 377 g/mol. The molecule has 0 spiro atoms. The first-order valence-corrected chi connectivity index (χ1v) is 9.20. The Morgan fingerprint density at radius 3 is 2.71 bits per heavy atom. The molecule has 10 heteroatoms. The lowest BCUT2D eigenvalue weighted by Crippen LogP contribution is -2.20. The predicted molar refractivity (Wildman–Crippen MR) is 103 cm³/mol. The molecule has 1 aliphatic rings. The maximum atomic E-state index is 12.6. The zero-order valence-corrected chi connectivity index (χ0v) is 15.6. The standard InChI is InChI=1S/C18H19N9O/c1-11-13(10-19-18(20-11)25-7-3-4-8-25)14-9-17(28)27(23-14)16-6-5-15-22-21-12(2)26(15)24-16/h5-6,9-10,23H,3-4,7-8H2,1-2H3. The number of H-pyrrole nitrogens is 1. The Hall–Kier alpha value is -3.56. The van der Waals surface area contributed by atoms with Crippen LogP contribution in [0, 0.1) is 13.8 Å². The molecular formula is C18H19N9O. The van der Waals surface area contributed by atoms with Crippen molar-refractivity contribution in [1.82, 2.24) is 39.6 Å². The number of anilines is 1. The maximum absolute atomic E-state index is 12.6. The van der Waals surface area contributed by atoms with Gasteiger partial charge < -0.3 is 4.90 Å². The Kier molecular flexibility index (Phi) is 3.71. The zero-order valence-electron chi connectivity index (χ0n) is 15.6. The summed E-state index contributed by atoms with van der Waals surface area (Å²) in [7, 11) is 0. The molecule has 142 valence electrons. The summed E-state index contributed by atoms with van der Waals surface area (Å²) in [4.78, 5) is 23.9. The minimum absolute atomic E-state index is 0.212. The van der Waals surface area contributed by atoms with Crippen molar-refractivity contribution in [3.63, 3.8) is 0 Å². The molecule has 0 saturated carbocycles. The van der Waals surface area contributed by atoms with Gasteiger partial charge in [-0.1, -0.05) is 0 Å². The topological polar surface area (TPSA) is 110 Å². The highest BCUT2D eigenvalue weighted by atomic mass is 16.1. The molecule has 0 bridgehead atoms. The Labute approximate surface area is 159 Å². The van der Waals surface area contributed by atoms with E-state index in [1.165, 1.54) is 23.6 Å². The number of hydrogen-bond acceptors (Lipinski definition) is 7. The molecule has 0 unspecified atom stereocenters. The van der Waals surface area contributed by atoms with Crippen molar-refractivity contribution in [1.29, 1.82) is 0 Å². The third kappa shape index (κ3) is 2.65. The van der Waals surface area contributed by atoms with Gasteiger partial charge in [-0.3, -0.25) is 9.89 Å². The lowest BCUT2D eigenvalue weighted by molar-refractivity contribution is 0.763. The molecule has 0 atom stereocenters. The zero-order chi connectivity index (χ0) is 19.3. The van der Waals surface area contributed by atoms with Crippen molar-refractivity contribution in [3.8, 4) is 17.1 Å². The number of hydrogen-bond donors (Lipinski definition) is 1. The summed E-state index contributed by atoms with van der Waals surface area (Å²) in [5.74, 6) is 1.85. The summed E-state index contributed by atoms with van der Waals surface area (Å²) in [6.07, 6.45) is 4.11. The van der Waals surface area contributed by atoms with Gasteiger partial charge in [0.2, 0.25) is 5.95 Å². The van der Waals surface area contributed by atoms with Gasteiger partial charge in [0.1, 0.15) is 0 Å². The molecule has 5 heterocycles. The monoisotopic (exact) mass is 377 g/mol. The van der Waals surface area contributed by atoms with Crippen LogP contribution in [0.25, 0.3) is 22.7 Å². The summed E-state index contributed by atoms with van der Waals surface area (Å²) >= 11 is 0. The Morgan fingerprint density at radius 1 is 1.11 bits per heavy atom. The van der Waals surface area contributed by atoms with Gasteiger partial charge in [-0.05, 0) is 38.8 Å². The van der Waals surface area contributed by atoms with E-state index >= 15 is 0 Å². The van der Waals surface area contributed by atoms with Crippen molar-refractivity contribution in [3.05, 3.63) is 46.3 Å². The number of fused-ring (bicyclic) bond motifs is 1. The summed E-state index contributed by atoms with van der Waals surface area (Å²) in [5.41, 5.74) is 2.68. The number of aromatic nitrogens is 8.